The summed E-state index contributed by atoms with van der Waals surface area (Å²) in [7, 11) is -6.36. The van der Waals surface area contributed by atoms with Crippen LogP contribution in [0, 0.1) is 0 Å². The fourth-order valence-corrected chi connectivity index (χ4v) is 3.45. The molecule has 2 rings (SSSR count). The lowest BCUT2D eigenvalue weighted by Gasteiger charge is -2.17. The highest BCUT2D eigenvalue weighted by Crippen LogP contribution is 2.42. The van der Waals surface area contributed by atoms with Crippen molar-refractivity contribution in [2.24, 2.45) is 4.99 Å². The summed E-state index contributed by atoms with van der Waals surface area (Å²) in [4.78, 5) is 38.7. The third kappa shape index (κ3) is 9.68. The van der Waals surface area contributed by atoms with Crippen LogP contribution in [0.1, 0.15) is 35.1 Å². The Hall–Kier alpha value is -1.55. The summed E-state index contributed by atoms with van der Waals surface area (Å²) in [5, 5.41) is 0. The molecule has 0 aliphatic rings. The van der Waals surface area contributed by atoms with Crippen LogP contribution >= 0.6 is 17.2 Å². The average Bonchev–Trinajstić information content (AvgIpc) is 2.72. The molecule has 0 unspecified atom stereocenters. The molecule has 0 radical (unpaired) electrons. The van der Waals surface area contributed by atoms with Gasteiger partial charge in [0.1, 0.15) is 0 Å². The van der Waals surface area contributed by atoms with E-state index in [1.54, 1.807) is 6.21 Å². The van der Waals surface area contributed by atoms with Gasteiger partial charge in [-0.15, -0.1) is 0 Å². The van der Waals surface area contributed by atoms with Crippen LogP contribution in [0.3, 0.4) is 0 Å². The molecule has 0 bridgehead atoms. The summed E-state index contributed by atoms with van der Waals surface area (Å²) in [5.74, 6) is 0. The molecule has 2 aromatic carbocycles. The molecule has 7 nitrogen and oxygen atoms in total. The Balaban J connectivity index is 1.70. The van der Waals surface area contributed by atoms with Crippen molar-refractivity contribution >= 4 is 23.4 Å². The molecular weight excluding hydrogens is 488 g/mol. The summed E-state index contributed by atoms with van der Waals surface area (Å²) < 4.78 is 62.1. The van der Waals surface area contributed by atoms with Gasteiger partial charge >= 0.3 is 29.4 Å². The van der Waals surface area contributed by atoms with Crippen LogP contribution in [0.2, 0.25) is 0 Å². The fourth-order valence-electron chi connectivity index (χ4n) is 2.83. The molecule has 0 saturated carbocycles. The Labute approximate surface area is 190 Å². The predicted molar refractivity (Wildman–Crippen MR) is 116 cm³/mol. The van der Waals surface area contributed by atoms with E-state index in [9.17, 15) is 17.6 Å². The minimum atomic E-state index is -3.78. The van der Waals surface area contributed by atoms with E-state index < -0.39 is 40.5 Å². The van der Waals surface area contributed by atoms with Gasteiger partial charge in [0.2, 0.25) is 0 Å². The average molecular weight is 511 g/mol. The van der Waals surface area contributed by atoms with Crippen molar-refractivity contribution in [1.29, 1.82) is 0 Å². The molecule has 0 saturated heterocycles. The highest BCUT2D eigenvalue weighted by molar-refractivity contribution is 7.39. The van der Waals surface area contributed by atoms with Crippen molar-refractivity contribution < 1.29 is 46.2 Å². The van der Waals surface area contributed by atoms with Gasteiger partial charge in [0.15, 0.2) is 0 Å². The first kappa shape index (κ1) is 27.7. The monoisotopic (exact) mass is 511 g/mol. The van der Waals surface area contributed by atoms with Crippen LogP contribution in [0.15, 0.2) is 53.5 Å². The first-order valence-corrected chi connectivity index (χ1v) is 12.0. The van der Waals surface area contributed by atoms with Crippen LogP contribution in [0.25, 0.3) is 0 Å². The van der Waals surface area contributed by atoms with Crippen molar-refractivity contribution in [2.75, 3.05) is 6.54 Å². The second kappa shape index (κ2) is 12.8. The summed E-state index contributed by atoms with van der Waals surface area (Å²) in [5.41, 5.74) is 0.658. The first-order chi connectivity index (χ1) is 15.5. The largest absolute Gasteiger partial charge is 0.389 e. The molecule has 0 aromatic heterocycles. The first-order valence-electron chi connectivity index (χ1n) is 9.66. The molecule has 0 spiro atoms. The molecule has 13 heteroatoms. The lowest BCUT2D eigenvalue weighted by molar-refractivity contribution is -0.190. The zero-order chi connectivity index (χ0) is 24.5. The molecule has 33 heavy (non-hydrogen) atoms. The normalized spacial score (nSPS) is 12.9. The zero-order valence-corrected chi connectivity index (χ0v) is 19.0. The minimum absolute atomic E-state index is 0.476. The number of aryl methyl sites for hydroxylation is 2. The lowest BCUT2D eigenvalue weighted by Crippen LogP contribution is -2.15. The number of halogens is 4. The lowest BCUT2D eigenvalue weighted by atomic mass is 10.1. The Morgan fingerprint density at radius 3 is 1.58 bits per heavy atom. The molecular formula is C20H23F4NO6P2. The van der Waals surface area contributed by atoms with E-state index in [1.807, 2.05) is 0 Å². The molecule has 0 atom stereocenters. The van der Waals surface area contributed by atoms with Gasteiger partial charge in [0, 0.05) is 6.54 Å². The van der Waals surface area contributed by atoms with E-state index in [-0.39, 0.29) is 0 Å². The maximum Gasteiger partial charge on any atom is 0.389 e. The number of rotatable bonds is 13. The molecule has 182 valence electrons. The standard InChI is InChI=1S/C20H23F4NO6P2/c21-19(22,30-32(26)27)17-9-5-15(6-10-17)3-1-13-25-14-2-4-16-7-11-18(12-8-16)20(23,24)31-33(28)29/h5-13,26-29H,1-4,14H2. The van der Waals surface area contributed by atoms with Gasteiger partial charge < -0.3 is 19.6 Å². The van der Waals surface area contributed by atoms with Crippen LogP contribution in [0.4, 0.5) is 17.6 Å². The third-order valence-corrected chi connectivity index (χ3v) is 5.20. The Morgan fingerprint density at radius 2 is 1.15 bits per heavy atom. The van der Waals surface area contributed by atoms with E-state index in [4.69, 9.17) is 19.6 Å². The van der Waals surface area contributed by atoms with Gasteiger partial charge in [0.05, 0.1) is 11.1 Å². The number of hydrogen-bond donors (Lipinski definition) is 4. The summed E-state index contributed by atoms with van der Waals surface area (Å²) >= 11 is 0. The topological polar surface area (TPSA) is 112 Å². The van der Waals surface area contributed by atoms with E-state index in [2.05, 4.69) is 14.0 Å². The zero-order valence-electron chi connectivity index (χ0n) is 17.2. The van der Waals surface area contributed by atoms with Crippen LogP contribution in [-0.4, -0.2) is 32.3 Å². The molecule has 4 N–H and O–H groups in total. The second-order valence-corrected chi connectivity index (χ2v) is 8.22. The minimum Gasteiger partial charge on any atom is -0.328 e. The number of benzene rings is 2. The predicted octanol–water partition coefficient (Wildman–Crippen LogP) is 4.88. The SMILES string of the molecule is OP(O)OC(F)(F)c1ccc(CCC=NCCCc2ccc(C(F)(F)OP(O)O)cc2)cc1. The number of nitrogens with zero attached hydrogens (tertiary/aromatic N) is 1. The quantitative estimate of drug-likeness (QED) is 0.132. The van der Waals surface area contributed by atoms with Crippen molar-refractivity contribution in [3.05, 3.63) is 70.8 Å². The van der Waals surface area contributed by atoms with Crippen molar-refractivity contribution in [1.82, 2.24) is 0 Å². The van der Waals surface area contributed by atoms with Crippen LogP contribution in [0.5, 0.6) is 0 Å². The smallest absolute Gasteiger partial charge is 0.328 e. The Kier molecular flexibility index (Phi) is 10.7. The van der Waals surface area contributed by atoms with Gasteiger partial charge in [-0.25, -0.2) is 9.05 Å². The molecule has 0 amide bonds. The summed E-state index contributed by atoms with van der Waals surface area (Å²) in [6.07, 6.45) is -3.39. The molecule has 0 fully saturated rings. The summed E-state index contributed by atoms with van der Waals surface area (Å²) in [6, 6.07) is 10.7. The van der Waals surface area contributed by atoms with Crippen molar-refractivity contribution in [3.8, 4) is 0 Å². The van der Waals surface area contributed by atoms with Gasteiger partial charge in [-0.05, 0) is 43.0 Å². The van der Waals surface area contributed by atoms with Gasteiger partial charge in [-0.3, -0.25) is 4.99 Å². The van der Waals surface area contributed by atoms with E-state index in [0.29, 0.717) is 32.2 Å². The van der Waals surface area contributed by atoms with Crippen LogP contribution in [-0.2, 0) is 34.1 Å². The maximum absolute atomic E-state index is 13.6. The van der Waals surface area contributed by atoms with E-state index in [0.717, 1.165) is 35.4 Å². The highest BCUT2D eigenvalue weighted by atomic mass is 31.2. The number of hydrogen-bond acceptors (Lipinski definition) is 7. The molecule has 0 aliphatic heterocycles. The maximum atomic E-state index is 13.6. The van der Waals surface area contributed by atoms with Gasteiger partial charge in [0.25, 0.3) is 0 Å². The van der Waals surface area contributed by atoms with Gasteiger partial charge in [-0.1, -0.05) is 48.5 Å². The van der Waals surface area contributed by atoms with Crippen molar-refractivity contribution in [3.63, 3.8) is 0 Å². The Bertz CT molecular complexity index is 883. The van der Waals surface area contributed by atoms with Gasteiger partial charge in [-0.2, -0.15) is 17.6 Å². The number of aliphatic imine (C=N–C) groups is 1. The van der Waals surface area contributed by atoms with E-state index >= 15 is 0 Å². The Morgan fingerprint density at radius 1 is 0.727 bits per heavy atom. The van der Waals surface area contributed by atoms with E-state index in [1.165, 1.54) is 24.3 Å². The summed E-state index contributed by atoms with van der Waals surface area (Å²) in [6.45, 7) is 0.522. The molecule has 2 aromatic rings. The van der Waals surface area contributed by atoms with Crippen molar-refractivity contribution in [2.45, 2.75) is 37.9 Å². The second-order valence-electron chi connectivity index (χ2n) is 6.85. The highest BCUT2D eigenvalue weighted by Gasteiger charge is 2.36. The molecule has 0 heterocycles. The fraction of sp³-hybridized carbons (Fsp3) is 0.350. The third-order valence-electron chi connectivity index (χ3n) is 4.42. The van der Waals surface area contributed by atoms with Crippen LogP contribution < -0.4 is 0 Å². The number of alkyl halides is 4. The molecule has 0 aliphatic carbocycles.